The summed E-state index contributed by atoms with van der Waals surface area (Å²) in [4.78, 5) is 57.9. The van der Waals surface area contributed by atoms with Gasteiger partial charge in [0.2, 0.25) is 12.2 Å². The predicted octanol–water partition coefficient (Wildman–Crippen LogP) is 2.84. The van der Waals surface area contributed by atoms with Crippen molar-refractivity contribution in [3.05, 3.63) is 72.6 Å². The third kappa shape index (κ3) is 10.4. The summed E-state index contributed by atoms with van der Waals surface area (Å²) in [5.41, 5.74) is 7.58. The van der Waals surface area contributed by atoms with Gasteiger partial charge in [-0.05, 0) is 81.3 Å². The molecule has 5 heterocycles. The highest BCUT2D eigenvalue weighted by atomic mass is 16.7. The van der Waals surface area contributed by atoms with Crippen molar-refractivity contribution in [3.63, 3.8) is 0 Å². The highest BCUT2D eigenvalue weighted by molar-refractivity contribution is 6.06. The molecule has 64 heavy (non-hydrogen) atoms. The Hall–Kier alpha value is -5.74. The molecule has 3 fully saturated rings. The van der Waals surface area contributed by atoms with Crippen molar-refractivity contribution in [2.75, 3.05) is 54.2 Å². The second-order valence-corrected chi connectivity index (χ2v) is 16.1. The van der Waals surface area contributed by atoms with Gasteiger partial charge in [0.1, 0.15) is 36.7 Å². The predicted molar refractivity (Wildman–Crippen MR) is 230 cm³/mol. The van der Waals surface area contributed by atoms with Crippen LogP contribution in [0.5, 0.6) is 11.5 Å². The first-order valence-electron chi connectivity index (χ1n) is 21.4. The summed E-state index contributed by atoms with van der Waals surface area (Å²) in [7, 11) is 1.67. The van der Waals surface area contributed by atoms with Gasteiger partial charge in [0.15, 0.2) is 24.0 Å². The first kappa shape index (κ1) is 46.3. The number of nitrogen functional groups attached to an aromatic ring is 1. The van der Waals surface area contributed by atoms with E-state index in [9.17, 15) is 39.6 Å². The number of anilines is 4. The molecule has 20 heteroatoms. The molecular weight excluding hydrogens is 837 g/mol. The van der Waals surface area contributed by atoms with Crippen LogP contribution < -0.4 is 30.7 Å². The first-order valence-corrected chi connectivity index (χ1v) is 21.4. The van der Waals surface area contributed by atoms with E-state index in [0.29, 0.717) is 55.2 Å². The lowest BCUT2D eigenvalue weighted by Crippen LogP contribution is -2.60. The molecule has 3 aromatic rings. The van der Waals surface area contributed by atoms with E-state index in [0.717, 1.165) is 19.3 Å². The molecule has 0 aliphatic carbocycles. The number of aliphatic hydroxyl groups excluding tert-OH is 4. The third-order valence-electron chi connectivity index (χ3n) is 11.5. The Morgan fingerprint density at radius 2 is 1.75 bits per heavy atom. The topological polar surface area (TPSA) is 266 Å². The number of nitrogens with zero attached hydrogens (tertiary/aromatic N) is 3. The Morgan fingerprint density at radius 3 is 2.48 bits per heavy atom. The zero-order valence-electron chi connectivity index (χ0n) is 35.5. The molecule has 3 saturated heterocycles. The number of rotatable bonds is 15. The van der Waals surface area contributed by atoms with E-state index in [1.54, 1.807) is 47.0 Å². The lowest BCUT2D eigenvalue weighted by atomic mass is 9.99. The molecule has 1 aromatic heterocycles. The minimum absolute atomic E-state index is 0.00573. The van der Waals surface area contributed by atoms with Crippen LogP contribution in [0.3, 0.4) is 0 Å². The van der Waals surface area contributed by atoms with E-state index < -0.39 is 73.8 Å². The SMILES string of the molecule is C=CCOC(=O)N1c2cc(OCCCC(=O)Nc3cc(C(=O)Nc4ccc(N)cc4)n(C)c3)c(O[C@@H]3O[C@H](CO)[C@@H](O)[C@H](O)[C@H]3O)cc2C(=O)N2CCCC[C@H]2C1OC1CCCCO1. The maximum absolute atomic E-state index is 14.6. The first-order chi connectivity index (χ1) is 30.9. The van der Waals surface area contributed by atoms with Crippen LogP contribution >= 0.6 is 0 Å². The van der Waals surface area contributed by atoms with Gasteiger partial charge in [0, 0.05) is 50.3 Å². The number of fused-ring (bicyclic) bond motifs is 2. The van der Waals surface area contributed by atoms with Crippen molar-refractivity contribution in [1.82, 2.24) is 9.47 Å². The number of nitrogens with one attached hydrogen (secondary N) is 2. The number of hydrogen-bond donors (Lipinski definition) is 7. The summed E-state index contributed by atoms with van der Waals surface area (Å²) in [5.74, 6) is -1.45. The van der Waals surface area contributed by atoms with Crippen LogP contribution in [-0.4, -0.2) is 136 Å². The number of aliphatic hydroxyl groups is 4. The second kappa shape index (κ2) is 20.8. The third-order valence-corrected chi connectivity index (χ3v) is 11.5. The number of piperidine rings is 1. The van der Waals surface area contributed by atoms with Crippen LogP contribution in [0.15, 0.2) is 61.3 Å². The molecule has 4 aliphatic heterocycles. The number of amides is 4. The number of carbonyl (C=O) groups excluding carboxylic acids is 4. The monoisotopic (exact) mass is 892 g/mol. The van der Waals surface area contributed by atoms with Gasteiger partial charge in [-0.25, -0.2) is 9.69 Å². The summed E-state index contributed by atoms with van der Waals surface area (Å²) in [5, 5.41) is 47.4. The Labute approximate surface area is 369 Å². The summed E-state index contributed by atoms with van der Waals surface area (Å²) < 4.78 is 37.7. The molecule has 4 aliphatic rings. The Morgan fingerprint density at radius 1 is 0.969 bits per heavy atom. The summed E-state index contributed by atoms with van der Waals surface area (Å²) in [6.45, 7) is 3.51. The van der Waals surface area contributed by atoms with Crippen molar-refractivity contribution in [2.24, 2.45) is 7.05 Å². The number of aromatic nitrogens is 1. The number of nitrogens with two attached hydrogens (primary N) is 1. The Kier molecular flexibility index (Phi) is 15.1. The molecule has 346 valence electrons. The molecule has 2 unspecified atom stereocenters. The summed E-state index contributed by atoms with van der Waals surface area (Å²) in [6, 6.07) is 10.3. The maximum Gasteiger partial charge on any atom is 0.416 e. The number of aryl methyl sites for hydroxylation is 1. The Balaban J connectivity index is 1.15. The lowest BCUT2D eigenvalue weighted by Gasteiger charge is -2.42. The molecule has 0 saturated carbocycles. The quantitative estimate of drug-likeness (QED) is 0.0657. The molecule has 20 nitrogen and oxygen atoms in total. The van der Waals surface area contributed by atoms with E-state index >= 15 is 0 Å². The van der Waals surface area contributed by atoms with Crippen molar-refractivity contribution < 1.29 is 68.0 Å². The molecule has 2 aromatic carbocycles. The number of ether oxygens (including phenoxy) is 6. The zero-order valence-corrected chi connectivity index (χ0v) is 35.5. The van der Waals surface area contributed by atoms with E-state index in [1.165, 1.54) is 29.2 Å². The van der Waals surface area contributed by atoms with Crippen LogP contribution in [0.4, 0.5) is 27.5 Å². The summed E-state index contributed by atoms with van der Waals surface area (Å²) in [6.07, 6.45) is -3.45. The van der Waals surface area contributed by atoms with E-state index in [4.69, 9.17) is 34.2 Å². The average molecular weight is 893 g/mol. The van der Waals surface area contributed by atoms with Crippen molar-refractivity contribution in [3.8, 4) is 11.5 Å². The van der Waals surface area contributed by atoms with Gasteiger partial charge in [-0.3, -0.25) is 14.4 Å². The number of carbonyl (C=O) groups is 4. The molecule has 4 amide bonds. The van der Waals surface area contributed by atoms with Crippen LogP contribution in [0.1, 0.15) is 72.2 Å². The highest BCUT2D eigenvalue weighted by Crippen LogP contribution is 2.43. The fourth-order valence-electron chi connectivity index (χ4n) is 8.17. The lowest BCUT2D eigenvalue weighted by molar-refractivity contribution is -0.277. The average Bonchev–Trinajstić information content (AvgIpc) is 3.63. The normalized spacial score (nSPS) is 25.6. The van der Waals surface area contributed by atoms with Crippen molar-refractivity contribution in [2.45, 2.75) is 101 Å². The standard InChI is InChI=1S/C44H56N6O14/c1-3-17-61-44(58)50-30-22-32(59-19-8-10-35(52)46-27-20-31(48(2)23-27)40(56)47-26-14-12-25(45)13-15-26)33(62-43-39(55)38(54)37(53)34(24-51)63-43)21-28(30)41(57)49-16-6-4-9-29(49)42(50)64-36-11-5-7-18-60-36/h3,12-15,20-23,29,34,36-39,42-43,51,53-55H,1,4-11,16-19,24,45H2,2H3,(H,46,52)(H,47,56)/t29-,34+,36?,37+,38-,39+,42?,43+/m0/s1. The minimum atomic E-state index is -1.81. The van der Waals surface area contributed by atoms with E-state index in [-0.39, 0.29) is 54.7 Å². The van der Waals surface area contributed by atoms with Gasteiger partial charge in [-0.2, -0.15) is 0 Å². The Bertz CT molecular complexity index is 2140. The number of benzene rings is 2. The molecule has 7 rings (SSSR count). The van der Waals surface area contributed by atoms with Crippen LogP contribution in [-0.2, 0) is 30.8 Å². The minimum Gasteiger partial charge on any atom is -0.490 e. The smallest absolute Gasteiger partial charge is 0.416 e. The van der Waals surface area contributed by atoms with Gasteiger partial charge < -0.3 is 74.7 Å². The van der Waals surface area contributed by atoms with Crippen LogP contribution in [0.2, 0.25) is 0 Å². The van der Waals surface area contributed by atoms with Gasteiger partial charge in [-0.15, -0.1) is 0 Å². The fourth-order valence-corrected chi connectivity index (χ4v) is 8.17. The van der Waals surface area contributed by atoms with Gasteiger partial charge in [-0.1, -0.05) is 12.7 Å². The molecule has 8 atom stereocenters. The van der Waals surface area contributed by atoms with Crippen LogP contribution in [0, 0.1) is 0 Å². The second-order valence-electron chi connectivity index (χ2n) is 16.1. The highest BCUT2D eigenvalue weighted by Gasteiger charge is 2.48. The molecule has 8 N–H and O–H groups in total. The van der Waals surface area contributed by atoms with Gasteiger partial charge in [0.25, 0.3) is 11.8 Å². The van der Waals surface area contributed by atoms with E-state index in [1.807, 2.05) is 0 Å². The molecule has 0 spiro atoms. The van der Waals surface area contributed by atoms with Gasteiger partial charge >= 0.3 is 6.09 Å². The molecule has 0 radical (unpaired) electrons. The largest absolute Gasteiger partial charge is 0.490 e. The van der Waals surface area contributed by atoms with Crippen LogP contribution in [0.25, 0.3) is 0 Å². The fraction of sp³-hybridized carbons (Fsp3) is 0.500. The van der Waals surface area contributed by atoms with E-state index in [2.05, 4.69) is 17.2 Å². The van der Waals surface area contributed by atoms with Crippen molar-refractivity contribution in [1.29, 1.82) is 0 Å². The zero-order chi connectivity index (χ0) is 45.5. The summed E-state index contributed by atoms with van der Waals surface area (Å²) >= 11 is 0. The maximum atomic E-state index is 14.6. The van der Waals surface area contributed by atoms with Crippen molar-refractivity contribution >= 4 is 46.6 Å². The van der Waals surface area contributed by atoms with Gasteiger partial charge in [0.05, 0.1) is 36.2 Å². The molecule has 0 bridgehead atoms. The molecular formula is C44H56N6O14. The number of hydrogen-bond acceptors (Lipinski definition) is 15.